The quantitative estimate of drug-likeness (QED) is 0.199. The van der Waals surface area contributed by atoms with Crippen molar-refractivity contribution in [2.45, 2.75) is 70.9 Å². The minimum absolute atomic E-state index is 0.00229. The molecule has 0 aliphatic carbocycles. The molecule has 1 aliphatic rings. The fourth-order valence-corrected chi connectivity index (χ4v) is 6.62. The first-order valence-electron chi connectivity index (χ1n) is 16.4. The Morgan fingerprint density at radius 3 is 2.44 bits per heavy atom. The molecule has 0 saturated carbocycles. The number of halogens is 3. The fourth-order valence-electron chi connectivity index (χ4n) is 5.58. The fraction of sp³-hybridized carbons (Fsp3) is 0.417. The van der Waals surface area contributed by atoms with Crippen LogP contribution in [0, 0.1) is 10.8 Å². The standard InChI is InChI=1S/C36H42F3N5O5S/c1-34(2,33(45)46)23-43-20-10-6-5-7-12-25-13-8-9-16-28(25)32-29(44-21-19-31(41-44)49-24-35(3,4)36(37,38)39)17-18-30(40-32)42-50(47,48)27-15-11-14-26(43)22-27/h8-9,11,13-19,21-22H,5-7,10,12,20,23-24H2,1-4H3,(H,40,42)(H,45,46). The molecule has 2 N–H and O–H groups in total. The van der Waals surface area contributed by atoms with Gasteiger partial charge >= 0.3 is 12.1 Å². The Morgan fingerprint density at radius 2 is 1.70 bits per heavy atom. The number of pyridine rings is 1. The van der Waals surface area contributed by atoms with Gasteiger partial charge in [-0.2, -0.15) is 13.2 Å². The largest absolute Gasteiger partial charge is 0.481 e. The first-order chi connectivity index (χ1) is 23.5. The predicted octanol–water partition coefficient (Wildman–Crippen LogP) is 7.74. The number of nitrogens with zero attached hydrogens (tertiary/aromatic N) is 4. The Balaban J connectivity index is 1.54. The van der Waals surface area contributed by atoms with Crippen LogP contribution >= 0.6 is 0 Å². The zero-order chi connectivity index (χ0) is 36.3. The molecule has 268 valence electrons. The Labute approximate surface area is 290 Å². The summed E-state index contributed by atoms with van der Waals surface area (Å²) < 4.78 is 77.3. The van der Waals surface area contributed by atoms with Crippen LogP contribution in [0.2, 0.25) is 0 Å². The van der Waals surface area contributed by atoms with E-state index in [9.17, 15) is 31.5 Å². The first-order valence-corrected chi connectivity index (χ1v) is 17.9. The third-order valence-corrected chi connectivity index (χ3v) is 10.2. The number of hydrogen-bond donors (Lipinski definition) is 2. The van der Waals surface area contributed by atoms with Crippen LogP contribution in [0.3, 0.4) is 0 Å². The molecule has 10 nitrogen and oxygen atoms in total. The van der Waals surface area contributed by atoms with Crippen LogP contribution in [0.5, 0.6) is 5.88 Å². The highest BCUT2D eigenvalue weighted by Crippen LogP contribution is 2.38. The van der Waals surface area contributed by atoms with Crippen LogP contribution in [0.25, 0.3) is 16.9 Å². The minimum atomic E-state index is -4.46. The van der Waals surface area contributed by atoms with Gasteiger partial charge in [-0.25, -0.2) is 18.1 Å². The number of hydrogen-bond acceptors (Lipinski definition) is 7. The number of benzene rings is 2. The van der Waals surface area contributed by atoms with Crippen LogP contribution < -0.4 is 14.4 Å². The van der Waals surface area contributed by atoms with Crippen LogP contribution in [-0.2, 0) is 21.2 Å². The van der Waals surface area contributed by atoms with E-state index in [0.717, 1.165) is 50.7 Å². The molecular formula is C36H42F3N5O5S. The van der Waals surface area contributed by atoms with Gasteiger partial charge in [0.05, 0.1) is 27.1 Å². The number of alkyl halides is 3. The molecule has 1 aliphatic heterocycles. The van der Waals surface area contributed by atoms with E-state index in [1.807, 2.05) is 29.2 Å². The lowest BCUT2D eigenvalue weighted by atomic mass is 9.92. The highest BCUT2D eigenvalue weighted by molar-refractivity contribution is 7.92. The Hall–Kier alpha value is -4.59. The zero-order valence-corrected chi connectivity index (χ0v) is 29.3. The summed E-state index contributed by atoms with van der Waals surface area (Å²) in [6, 6.07) is 18.7. The van der Waals surface area contributed by atoms with Crippen molar-refractivity contribution in [1.29, 1.82) is 0 Å². The molecule has 3 heterocycles. The smallest absolute Gasteiger partial charge is 0.397 e. The van der Waals surface area contributed by atoms with E-state index in [2.05, 4.69) is 9.82 Å². The molecule has 0 radical (unpaired) electrons. The maximum Gasteiger partial charge on any atom is 0.397 e. The van der Waals surface area contributed by atoms with Gasteiger partial charge in [0, 0.05) is 36.6 Å². The van der Waals surface area contributed by atoms with Gasteiger partial charge < -0.3 is 14.7 Å². The number of aliphatic carboxylic acids is 1. The molecular weight excluding hydrogens is 671 g/mol. The van der Waals surface area contributed by atoms with Gasteiger partial charge in [0.25, 0.3) is 10.0 Å². The van der Waals surface area contributed by atoms with E-state index in [4.69, 9.17) is 9.72 Å². The Bertz CT molecular complexity index is 1940. The summed E-state index contributed by atoms with van der Waals surface area (Å²) in [6.45, 7) is 5.53. The van der Waals surface area contributed by atoms with Crippen molar-refractivity contribution in [2.75, 3.05) is 29.3 Å². The van der Waals surface area contributed by atoms with E-state index >= 15 is 0 Å². The van der Waals surface area contributed by atoms with E-state index in [-0.39, 0.29) is 23.1 Å². The average Bonchev–Trinajstić information content (AvgIpc) is 3.53. The molecule has 2 aromatic heterocycles. The zero-order valence-electron chi connectivity index (χ0n) is 28.5. The van der Waals surface area contributed by atoms with Gasteiger partial charge in [-0.15, -0.1) is 5.10 Å². The van der Waals surface area contributed by atoms with Crippen molar-refractivity contribution in [3.8, 4) is 22.8 Å². The number of sulfonamides is 1. The molecule has 50 heavy (non-hydrogen) atoms. The van der Waals surface area contributed by atoms with Crippen molar-refractivity contribution in [1.82, 2.24) is 14.8 Å². The van der Waals surface area contributed by atoms with Gasteiger partial charge in [-0.3, -0.25) is 9.52 Å². The summed E-state index contributed by atoms with van der Waals surface area (Å²) in [5.74, 6) is -0.898. The first kappa shape index (κ1) is 36.7. The summed E-state index contributed by atoms with van der Waals surface area (Å²) in [4.78, 5) is 18.7. The number of carboxylic acid groups (broad SMARTS) is 1. The summed E-state index contributed by atoms with van der Waals surface area (Å²) in [5, 5.41) is 14.2. The second kappa shape index (κ2) is 14.3. The topological polar surface area (TPSA) is 127 Å². The molecule has 4 aromatic rings. The molecule has 0 saturated heterocycles. The normalized spacial score (nSPS) is 15.8. The number of aryl methyl sites for hydroxylation is 1. The van der Waals surface area contributed by atoms with E-state index in [0.29, 0.717) is 30.0 Å². The number of anilines is 2. The SMILES string of the molecule is CC(C)(CN1CCCCCCc2ccccc2-c2nc(ccc2-n2ccc(OCC(C)(C)C(F)(F)F)n2)NS(=O)(=O)c2cccc1c2)C(=O)O. The molecule has 14 heteroatoms. The van der Waals surface area contributed by atoms with E-state index in [1.54, 1.807) is 38.2 Å². The second-order valence-electron chi connectivity index (χ2n) is 13.9. The lowest BCUT2D eigenvalue weighted by Gasteiger charge is -2.32. The summed E-state index contributed by atoms with van der Waals surface area (Å²) in [7, 11) is -4.15. The Morgan fingerprint density at radius 1 is 0.960 bits per heavy atom. The van der Waals surface area contributed by atoms with Crippen molar-refractivity contribution in [2.24, 2.45) is 10.8 Å². The monoisotopic (exact) mass is 713 g/mol. The summed E-state index contributed by atoms with van der Waals surface area (Å²) >= 11 is 0. The predicted molar refractivity (Wildman–Crippen MR) is 185 cm³/mol. The molecule has 0 spiro atoms. The maximum atomic E-state index is 13.8. The van der Waals surface area contributed by atoms with Crippen molar-refractivity contribution in [3.63, 3.8) is 0 Å². The van der Waals surface area contributed by atoms with Gasteiger partial charge in [-0.1, -0.05) is 43.2 Å². The van der Waals surface area contributed by atoms with Crippen molar-refractivity contribution in [3.05, 3.63) is 78.5 Å². The number of aromatic nitrogens is 3. The highest BCUT2D eigenvalue weighted by Gasteiger charge is 2.48. The van der Waals surface area contributed by atoms with Gasteiger partial charge in [0.15, 0.2) is 0 Å². The highest BCUT2D eigenvalue weighted by atomic mass is 32.2. The second-order valence-corrected chi connectivity index (χ2v) is 15.6. The summed E-state index contributed by atoms with van der Waals surface area (Å²) in [5.41, 5.74) is 0.0731. The van der Waals surface area contributed by atoms with Crippen molar-refractivity contribution >= 4 is 27.5 Å². The van der Waals surface area contributed by atoms with Crippen LogP contribution in [-0.4, -0.2) is 60.1 Å². The van der Waals surface area contributed by atoms with Gasteiger partial charge in [0.2, 0.25) is 5.88 Å². The lowest BCUT2D eigenvalue weighted by Crippen LogP contribution is -2.40. The van der Waals surface area contributed by atoms with Gasteiger partial charge in [0.1, 0.15) is 12.4 Å². The van der Waals surface area contributed by atoms with Gasteiger partial charge in [-0.05, 0) is 82.9 Å². The number of rotatable bonds is 7. The van der Waals surface area contributed by atoms with E-state index < -0.39 is 39.6 Å². The maximum absolute atomic E-state index is 13.8. The number of carbonyl (C=O) groups is 1. The molecule has 0 unspecified atom stereocenters. The molecule has 5 rings (SSSR count). The molecule has 0 atom stereocenters. The van der Waals surface area contributed by atoms with Crippen LogP contribution in [0.4, 0.5) is 24.7 Å². The number of carboxylic acids is 1. The van der Waals surface area contributed by atoms with E-state index in [1.165, 1.54) is 28.9 Å². The van der Waals surface area contributed by atoms with Crippen LogP contribution in [0.15, 0.2) is 77.8 Å². The minimum Gasteiger partial charge on any atom is -0.481 e. The third kappa shape index (κ3) is 8.40. The number of ether oxygens (including phenoxy) is 1. The average molecular weight is 714 g/mol. The third-order valence-electron chi connectivity index (χ3n) is 8.83. The molecule has 0 amide bonds. The molecule has 4 bridgehead atoms. The summed E-state index contributed by atoms with van der Waals surface area (Å²) in [6.07, 6.45) is 1.24. The Kier molecular flexibility index (Phi) is 10.5. The molecule has 2 aromatic carbocycles. The number of fused-ring (bicyclic) bond motifs is 6. The molecule has 0 fully saturated rings. The van der Waals surface area contributed by atoms with Crippen molar-refractivity contribution < 1.29 is 36.2 Å². The lowest BCUT2D eigenvalue weighted by molar-refractivity contribution is -0.219. The number of nitrogens with one attached hydrogen (secondary N) is 1. The van der Waals surface area contributed by atoms with Crippen LogP contribution in [0.1, 0.15) is 58.9 Å².